The maximum Gasteiger partial charge on any atom is 0.277 e. The van der Waals surface area contributed by atoms with E-state index in [4.69, 9.17) is 16.3 Å². The van der Waals surface area contributed by atoms with E-state index in [-0.39, 0.29) is 24.0 Å². The van der Waals surface area contributed by atoms with Crippen LogP contribution in [0.2, 0.25) is 5.02 Å². The van der Waals surface area contributed by atoms with Gasteiger partial charge in [0, 0.05) is 5.69 Å². The number of benzene rings is 1. The molecule has 2 N–H and O–H groups in total. The predicted octanol–water partition coefficient (Wildman–Crippen LogP) is 2.54. The molecule has 9 heteroatoms. The highest BCUT2D eigenvalue weighted by molar-refractivity contribution is 6.32. The van der Waals surface area contributed by atoms with E-state index in [0.717, 1.165) is 25.9 Å². The summed E-state index contributed by atoms with van der Waals surface area (Å²) in [5, 5.41) is 14.5. The Morgan fingerprint density at radius 3 is 2.83 bits per heavy atom. The van der Waals surface area contributed by atoms with Crippen LogP contribution in [-0.4, -0.2) is 41.1 Å². The summed E-state index contributed by atoms with van der Waals surface area (Å²) in [6.07, 6.45) is 3.66. The van der Waals surface area contributed by atoms with Crippen molar-refractivity contribution in [2.75, 3.05) is 25.5 Å². The van der Waals surface area contributed by atoms with Crippen LogP contribution in [0.25, 0.3) is 0 Å². The van der Waals surface area contributed by atoms with Crippen LogP contribution in [0, 0.1) is 0 Å². The lowest BCUT2D eigenvalue weighted by Gasteiger charge is -2.22. The fourth-order valence-corrected chi connectivity index (χ4v) is 2.83. The van der Waals surface area contributed by atoms with E-state index in [1.165, 1.54) is 0 Å². The number of rotatable bonds is 4. The fraction of sp³-hybridized carbons (Fsp3) is 0.400. The quantitative estimate of drug-likeness (QED) is 0.862. The van der Waals surface area contributed by atoms with Crippen molar-refractivity contribution in [2.45, 2.75) is 18.9 Å². The van der Waals surface area contributed by atoms with Gasteiger partial charge in [-0.2, -0.15) is 0 Å². The van der Waals surface area contributed by atoms with Gasteiger partial charge in [0.15, 0.2) is 5.69 Å². The highest BCUT2D eigenvalue weighted by Gasteiger charge is 2.19. The summed E-state index contributed by atoms with van der Waals surface area (Å²) < 4.78 is 6.86. The van der Waals surface area contributed by atoms with E-state index in [1.807, 2.05) is 0 Å². The highest BCUT2D eigenvalue weighted by atomic mass is 35.5. The number of carbonyl (C=O) groups is 1. The molecule has 1 aromatic heterocycles. The topological polar surface area (TPSA) is 81.1 Å². The first-order chi connectivity index (χ1) is 11.2. The van der Waals surface area contributed by atoms with E-state index in [1.54, 1.807) is 36.2 Å². The molecular formula is C15H19Cl2N5O2. The Hall–Kier alpha value is -1.83. The Kier molecular flexibility index (Phi) is 6.42. The molecule has 2 aromatic rings. The largest absolute Gasteiger partial charge is 0.495 e. The Labute approximate surface area is 151 Å². The number of aromatic nitrogens is 3. The third-order valence-electron chi connectivity index (χ3n) is 3.84. The number of ether oxygens (including phenoxy) is 1. The minimum Gasteiger partial charge on any atom is -0.495 e. The number of amides is 1. The first-order valence-corrected chi connectivity index (χ1v) is 7.82. The second-order valence-electron chi connectivity index (χ2n) is 5.37. The number of anilines is 1. The van der Waals surface area contributed by atoms with Gasteiger partial charge in [0.25, 0.3) is 5.91 Å². The minimum atomic E-state index is -0.314. The molecular weight excluding hydrogens is 353 g/mol. The van der Waals surface area contributed by atoms with Gasteiger partial charge in [-0.25, -0.2) is 4.68 Å². The molecule has 1 fully saturated rings. The van der Waals surface area contributed by atoms with Crippen molar-refractivity contribution >= 4 is 35.6 Å². The number of hydrogen-bond donors (Lipinski definition) is 2. The molecule has 0 bridgehead atoms. The first-order valence-electron chi connectivity index (χ1n) is 7.45. The van der Waals surface area contributed by atoms with Gasteiger partial charge in [-0.05, 0) is 44.1 Å². The van der Waals surface area contributed by atoms with Crippen LogP contribution >= 0.6 is 24.0 Å². The molecule has 0 atom stereocenters. The van der Waals surface area contributed by atoms with Gasteiger partial charge in [0.2, 0.25) is 0 Å². The molecule has 1 aliphatic heterocycles. The normalized spacial score (nSPS) is 14.8. The Morgan fingerprint density at radius 2 is 2.17 bits per heavy atom. The van der Waals surface area contributed by atoms with E-state index in [2.05, 4.69) is 20.9 Å². The van der Waals surface area contributed by atoms with Gasteiger partial charge in [-0.3, -0.25) is 4.79 Å². The third kappa shape index (κ3) is 4.17. The number of nitrogens with zero attached hydrogens (tertiary/aromatic N) is 3. The molecule has 1 saturated heterocycles. The molecule has 0 unspecified atom stereocenters. The van der Waals surface area contributed by atoms with Crippen molar-refractivity contribution in [1.82, 2.24) is 20.3 Å². The van der Waals surface area contributed by atoms with Crippen LogP contribution in [0.1, 0.15) is 29.4 Å². The molecule has 130 valence electrons. The van der Waals surface area contributed by atoms with E-state index in [9.17, 15) is 4.79 Å². The lowest BCUT2D eigenvalue weighted by atomic mass is 10.1. The number of carbonyl (C=O) groups excluding carboxylic acids is 1. The monoisotopic (exact) mass is 371 g/mol. The van der Waals surface area contributed by atoms with Gasteiger partial charge in [-0.1, -0.05) is 16.8 Å². The first kappa shape index (κ1) is 18.5. The second kappa shape index (κ2) is 8.32. The number of nitrogens with one attached hydrogen (secondary N) is 2. The maximum atomic E-state index is 12.3. The zero-order chi connectivity index (χ0) is 16.2. The number of halogens is 2. The van der Waals surface area contributed by atoms with Crippen molar-refractivity contribution in [3.63, 3.8) is 0 Å². The van der Waals surface area contributed by atoms with Crippen LogP contribution in [0.15, 0.2) is 24.4 Å². The Bertz CT molecular complexity index is 701. The summed E-state index contributed by atoms with van der Waals surface area (Å²) >= 11 is 6.05. The fourth-order valence-electron chi connectivity index (χ4n) is 2.57. The van der Waals surface area contributed by atoms with Crippen LogP contribution in [0.3, 0.4) is 0 Å². The summed E-state index contributed by atoms with van der Waals surface area (Å²) in [5.41, 5.74) is 0.868. The number of hydrogen-bond acceptors (Lipinski definition) is 5. The molecule has 0 aliphatic carbocycles. The van der Waals surface area contributed by atoms with Crippen molar-refractivity contribution < 1.29 is 9.53 Å². The molecule has 0 saturated carbocycles. The molecule has 1 amide bonds. The summed E-state index contributed by atoms with van der Waals surface area (Å²) in [6.45, 7) is 1.91. The van der Waals surface area contributed by atoms with Crippen LogP contribution < -0.4 is 15.4 Å². The molecule has 2 heterocycles. The SMILES string of the molecule is COc1ccc(NC(=O)c2cn(C3CCNCC3)nn2)cc1Cl.Cl. The molecule has 24 heavy (non-hydrogen) atoms. The summed E-state index contributed by atoms with van der Waals surface area (Å²) in [6, 6.07) is 5.35. The van der Waals surface area contributed by atoms with Crippen LogP contribution in [-0.2, 0) is 0 Å². The number of methoxy groups -OCH3 is 1. The summed E-state index contributed by atoms with van der Waals surface area (Å²) in [4.78, 5) is 12.3. The zero-order valence-electron chi connectivity index (χ0n) is 13.2. The molecule has 7 nitrogen and oxygen atoms in total. The van der Waals surface area contributed by atoms with Crippen LogP contribution in [0.5, 0.6) is 5.75 Å². The lowest BCUT2D eigenvalue weighted by Crippen LogP contribution is -2.29. The lowest BCUT2D eigenvalue weighted by molar-refractivity contribution is 0.102. The van der Waals surface area contributed by atoms with Crippen molar-refractivity contribution in [3.8, 4) is 5.75 Å². The Balaban J connectivity index is 0.00000208. The Morgan fingerprint density at radius 1 is 1.42 bits per heavy atom. The maximum absolute atomic E-state index is 12.3. The number of piperidine rings is 1. The van der Waals surface area contributed by atoms with Gasteiger partial charge in [0.1, 0.15) is 5.75 Å². The van der Waals surface area contributed by atoms with Crippen LogP contribution in [0.4, 0.5) is 5.69 Å². The highest BCUT2D eigenvalue weighted by Crippen LogP contribution is 2.27. The summed E-state index contributed by atoms with van der Waals surface area (Å²) in [7, 11) is 1.54. The smallest absolute Gasteiger partial charge is 0.277 e. The van der Waals surface area contributed by atoms with E-state index in [0.29, 0.717) is 22.5 Å². The van der Waals surface area contributed by atoms with Crippen molar-refractivity contribution in [3.05, 3.63) is 35.1 Å². The van der Waals surface area contributed by atoms with Crippen molar-refractivity contribution in [1.29, 1.82) is 0 Å². The third-order valence-corrected chi connectivity index (χ3v) is 4.13. The molecule has 1 aliphatic rings. The molecule has 1 aromatic carbocycles. The molecule has 3 rings (SSSR count). The van der Waals surface area contributed by atoms with Gasteiger partial charge >= 0.3 is 0 Å². The van der Waals surface area contributed by atoms with Crippen molar-refractivity contribution in [2.24, 2.45) is 0 Å². The summed E-state index contributed by atoms with van der Waals surface area (Å²) in [5.74, 6) is 0.243. The van der Waals surface area contributed by atoms with E-state index >= 15 is 0 Å². The standard InChI is InChI=1S/C15H18ClN5O2.ClH/c1-23-14-3-2-10(8-12(14)16)18-15(22)13-9-21(20-19-13)11-4-6-17-7-5-11;/h2-3,8-9,11,17H,4-7H2,1H3,(H,18,22);1H. The van der Waals surface area contributed by atoms with Gasteiger partial charge < -0.3 is 15.4 Å². The van der Waals surface area contributed by atoms with E-state index < -0.39 is 0 Å². The second-order valence-corrected chi connectivity index (χ2v) is 5.78. The zero-order valence-corrected chi connectivity index (χ0v) is 14.7. The molecule has 0 radical (unpaired) electrons. The average Bonchev–Trinajstić information content (AvgIpc) is 3.06. The molecule has 0 spiro atoms. The van der Waals surface area contributed by atoms with Gasteiger partial charge in [-0.15, -0.1) is 17.5 Å². The predicted molar refractivity (Wildman–Crippen MR) is 94.4 cm³/mol. The average molecular weight is 372 g/mol. The van der Waals surface area contributed by atoms with Gasteiger partial charge in [0.05, 0.1) is 24.4 Å². The minimum absolute atomic E-state index is 0.